The van der Waals surface area contributed by atoms with Crippen LogP contribution in [-0.4, -0.2) is 16.5 Å². The van der Waals surface area contributed by atoms with Gasteiger partial charge in [0.15, 0.2) is 5.17 Å². The molecule has 3 heteroatoms. The van der Waals surface area contributed by atoms with E-state index in [9.17, 15) is 0 Å². The standard InChI is InChI=1S/C14H20N2S/c1-4-11-8-6-7-9-12(11)15-13-16-14(3,5-2)10-17-13/h6-9H,4-5,10H2,1-3H3,(H,15,16). The maximum Gasteiger partial charge on any atom is 0.161 e. The molecule has 1 heterocycles. The number of thioether (sulfide) groups is 1. The monoisotopic (exact) mass is 248 g/mol. The molecular formula is C14H20N2S. The molecule has 1 unspecified atom stereocenters. The van der Waals surface area contributed by atoms with Gasteiger partial charge >= 0.3 is 0 Å². The van der Waals surface area contributed by atoms with Gasteiger partial charge in [-0.15, -0.1) is 0 Å². The summed E-state index contributed by atoms with van der Waals surface area (Å²) < 4.78 is 0. The highest BCUT2D eigenvalue weighted by molar-refractivity contribution is 8.14. The number of anilines is 1. The molecule has 0 spiro atoms. The molecule has 92 valence electrons. The lowest BCUT2D eigenvalue weighted by Crippen LogP contribution is -2.20. The molecule has 1 atom stereocenters. The second-order valence-corrected chi connectivity index (χ2v) is 5.66. The van der Waals surface area contributed by atoms with Gasteiger partial charge in [0.2, 0.25) is 0 Å². The van der Waals surface area contributed by atoms with Crippen molar-refractivity contribution >= 4 is 22.6 Å². The Morgan fingerprint density at radius 2 is 2.12 bits per heavy atom. The molecule has 1 aliphatic heterocycles. The lowest BCUT2D eigenvalue weighted by atomic mass is 10.0. The van der Waals surface area contributed by atoms with Gasteiger partial charge in [-0.3, -0.25) is 4.99 Å². The molecule has 1 aliphatic rings. The minimum absolute atomic E-state index is 0.119. The molecule has 2 nitrogen and oxygen atoms in total. The Balaban J connectivity index is 2.14. The van der Waals surface area contributed by atoms with E-state index in [1.807, 2.05) is 11.8 Å². The van der Waals surface area contributed by atoms with Gasteiger partial charge in [-0.25, -0.2) is 0 Å². The summed E-state index contributed by atoms with van der Waals surface area (Å²) in [5.74, 6) is 1.08. The zero-order valence-electron chi connectivity index (χ0n) is 10.8. The van der Waals surface area contributed by atoms with Crippen LogP contribution in [0.1, 0.15) is 32.8 Å². The van der Waals surface area contributed by atoms with Crippen LogP contribution in [0.15, 0.2) is 29.3 Å². The summed E-state index contributed by atoms with van der Waals surface area (Å²) in [6.07, 6.45) is 2.15. The zero-order chi connectivity index (χ0) is 12.3. The van der Waals surface area contributed by atoms with Gasteiger partial charge in [-0.1, -0.05) is 43.8 Å². The van der Waals surface area contributed by atoms with Gasteiger partial charge in [-0.2, -0.15) is 0 Å². The molecule has 17 heavy (non-hydrogen) atoms. The largest absolute Gasteiger partial charge is 0.335 e. The minimum Gasteiger partial charge on any atom is -0.335 e. The average Bonchev–Trinajstić information content (AvgIpc) is 2.73. The van der Waals surface area contributed by atoms with Crippen LogP contribution in [0.4, 0.5) is 5.69 Å². The van der Waals surface area contributed by atoms with Crippen LogP contribution >= 0.6 is 11.8 Å². The Bertz CT molecular complexity index is 428. The first-order valence-electron chi connectivity index (χ1n) is 6.24. The average molecular weight is 248 g/mol. The van der Waals surface area contributed by atoms with Crippen LogP contribution in [0, 0.1) is 0 Å². The van der Waals surface area contributed by atoms with E-state index in [4.69, 9.17) is 4.99 Å². The molecule has 0 aromatic heterocycles. The van der Waals surface area contributed by atoms with E-state index in [-0.39, 0.29) is 5.54 Å². The highest BCUT2D eigenvalue weighted by Crippen LogP contribution is 2.31. The van der Waals surface area contributed by atoms with Crippen molar-refractivity contribution in [3.63, 3.8) is 0 Å². The zero-order valence-corrected chi connectivity index (χ0v) is 11.6. The summed E-state index contributed by atoms with van der Waals surface area (Å²) >= 11 is 1.83. The van der Waals surface area contributed by atoms with Crippen molar-refractivity contribution in [3.8, 4) is 0 Å². The quantitative estimate of drug-likeness (QED) is 0.876. The van der Waals surface area contributed by atoms with Gasteiger partial charge < -0.3 is 5.32 Å². The molecule has 1 N–H and O–H groups in total. The SMILES string of the molecule is CCc1ccccc1NC1=NC(C)(CC)CS1. The smallest absolute Gasteiger partial charge is 0.161 e. The fourth-order valence-electron chi connectivity index (χ4n) is 1.84. The van der Waals surface area contributed by atoms with Crippen molar-refractivity contribution in [3.05, 3.63) is 29.8 Å². The number of benzene rings is 1. The van der Waals surface area contributed by atoms with Crippen LogP contribution in [-0.2, 0) is 6.42 Å². The number of para-hydroxylation sites is 1. The Hall–Kier alpha value is -0.960. The van der Waals surface area contributed by atoms with E-state index >= 15 is 0 Å². The normalized spacial score (nSPS) is 23.6. The molecule has 0 aliphatic carbocycles. The van der Waals surface area contributed by atoms with Crippen molar-refractivity contribution in [1.82, 2.24) is 0 Å². The summed E-state index contributed by atoms with van der Waals surface area (Å²) in [6, 6.07) is 8.45. The lowest BCUT2D eigenvalue weighted by molar-refractivity contribution is 0.523. The Labute approximate surface area is 108 Å². The predicted octanol–water partition coefficient (Wildman–Crippen LogP) is 3.93. The molecule has 2 rings (SSSR count). The summed E-state index contributed by atoms with van der Waals surface area (Å²) in [5, 5.41) is 4.53. The van der Waals surface area contributed by atoms with E-state index in [1.165, 1.54) is 11.3 Å². The van der Waals surface area contributed by atoms with Crippen molar-refractivity contribution < 1.29 is 0 Å². The first-order valence-corrected chi connectivity index (χ1v) is 7.23. The molecular weight excluding hydrogens is 228 g/mol. The topological polar surface area (TPSA) is 24.4 Å². The van der Waals surface area contributed by atoms with E-state index in [2.05, 4.69) is 50.4 Å². The number of nitrogens with one attached hydrogen (secondary N) is 1. The molecule has 0 bridgehead atoms. The molecule has 0 saturated carbocycles. The number of aliphatic imine (C=N–C) groups is 1. The van der Waals surface area contributed by atoms with Crippen LogP contribution in [0.25, 0.3) is 0 Å². The van der Waals surface area contributed by atoms with Gasteiger partial charge in [0.25, 0.3) is 0 Å². The number of amidine groups is 1. The van der Waals surface area contributed by atoms with E-state index in [0.717, 1.165) is 23.8 Å². The molecule has 0 saturated heterocycles. The third kappa shape index (κ3) is 2.83. The fraction of sp³-hybridized carbons (Fsp3) is 0.500. The summed E-state index contributed by atoms with van der Waals surface area (Å²) in [6.45, 7) is 6.60. The minimum atomic E-state index is 0.119. The predicted molar refractivity (Wildman–Crippen MR) is 78.0 cm³/mol. The Kier molecular flexibility index (Phi) is 3.77. The Morgan fingerprint density at radius 3 is 2.76 bits per heavy atom. The Morgan fingerprint density at radius 1 is 1.35 bits per heavy atom. The summed E-state index contributed by atoms with van der Waals surface area (Å²) in [5.41, 5.74) is 2.66. The van der Waals surface area contributed by atoms with Gasteiger partial charge in [0, 0.05) is 11.4 Å². The molecule has 1 aromatic carbocycles. The number of rotatable bonds is 3. The second-order valence-electron chi connectivity index (χ2n) is 4.69. The van der Waals surface area contributed by atoms with Crippen molar-refractivity contribution in [2.24, 2.45) is 4.99 Å². The van der Waals surface area contributed by atoms with Crippen molar-refractivity contribution in [2.45, 2.75) is 39.2 Å². The molecule has 1 aromatic rings. The van der Waals surface area contributed by atoms with Crippen LogP contribution < -0.4 is 5.32 Å². The first kappa shape index (κ1) is 12.5. The van der Waals surface area contributed by atoms with Gasteiger partial charge in [0.05, 0.1) is 5.54 Å². The van der Waals surface area contributed by atoms with Crippen LogP contribution in [0.5, 0.6) is 0 Å². The highest BCUT2D eigenvalue weighted by Gasteiger charge is 2.28. The van der Waals surface area contributed by atoms with Gasteiger partial charge in [-0.05, 0) is 31.4 Å². The highest BCUT2D eigenvalue weighted by atomic mass is 32.2. The first-order chi connectivity index (χ1) is 8.17. The van der Waals surface area contributed by atoms with Gasteiger partial charge in [0.1, 0.15) is 0 Å². The van der Waals surface area contributed by atoms with E-state index in [1.54, 1.807) is 0 Å². The fourth-order valence-corrected chi connectivity index (χ4v) is 3.03. The van der Waals surface area contributed by atoms with Crippen LogP contribution in [0.2, 0.25) is 0 Å². The molecule has 0 amide bonds. The third-order valence-electron chi connectivity index (χ3n) is 3.29. The number of hydrogen-bond acceptors (Lipinski definition) is 3. The lowest BCUT2D eigenvalue weighted by Gasteiger charge is -2.15. The van der Waals surface area contributed by atoms with Crippen molar-refractivity contribution in [2.75, 3.05) is 11.1 Å². The molecule has 0 radical (unpaired) electrons. The second kappa shape index (κ2) is 5.13. The number of hydrogen-bond donors (Lipinski definition) is 1. The van der Waals surface area contributed by atoms with Crippen molar-refractivity contribution in [1.29, 1.82) is 0 Å². The van der Waals surface area contributed by atoms with E-state index in [0.29, 0.717) is 0 Å². The maximum absolute atomic E-state index is 4.78. The third-order valence-corrected chi connectivity index (χ3v) is 4.53. The summed E-state index contributed by atoms with van der Waals surface area (Å²) in [7, 11) is 0. The number of aryl methyl sites for hydroxylation is 1. The molecule has 0 fully saturated rings. The van der Waals surface area contributed by atoms with E-state index < -0.39 is 0 Å². The summed E-state index contributed by atoms with van der Waals surface area (Å²) in [4.78, 5) is 4.78. The number of nitrogens with zero attached hydrogens (tertiary/aromatic N) is 1. The maximum atomic E-state index is 4.78. The van der Waals surface area contributed by atoms with Crippen LogP contribution in [0.3, 0.4) is 0 Å².